The Balaban J connectivity index is 2.14. The van der Waals surface area contributed by atoms with Crippen LogP contribution in [0.1, 0.15) is 36.8 Å². The molecule has 14 heavy (non-hydrogen) atoms. The van der Waals surface area contributed by atoms with Gasteiger partial charge in [0.25, 0.3) is 0 Å². The van der Waals surface area contributed by atoms with Crippen LogP contribution in [0.3, 0.4) is 0 Å². The molecule has 2 rings (SSSR count). The summed E-state index contributed by atoms with van der Waals surface area (Å²) in [4.78, 5) is 0. The summed E-state index contributed by atoms with van der Waals surface area (Å²) in [5.74, 6) is 0. The Bertz CT molecular complexity index is 311. The van der Waals surface area contributed by atoms with Gasteiger partial charge in [0.1, 0.15) is 0 Å². The van der Waals surface area contributed by atoms with Crippen molar-refractivity contribution >= 4 is 0 Å². The van der Waals surface area contributed by atoms with Crippen LogP contribution < -0.4 is 0 Å². The zero-order chi connectivity index (χ0) is 10.0. The van der Waals surface area contributed by atoms with Crippen LogP contribution in [0, 0.1) is 6.92 Å². The van der Waals surface area contributed by atoms with Crippen LogP contribution in [-0.2, 0) is 6.42 Å². The Kier molecular flexibility index (Phi) is 2.60. The van der Waals surface area contributed by atoms with Crippen LogP contribution in [0.2, 0.25) is 0 Å². The monoisotopic (exact) mass is 190 g/mol. The van der Waals surface area contributed by atoms with Gasteiger partial charge in [-0.25, -0.2) is 0 Å². The number of benzene rings is 1. The van der Waals surface area contributed by atoms with E-state index in [1.165, 1.54) is 24.0 Å². The highest BCUT2D eigenvalue weighted by Crippen LogP contribution is 2.33. The Morgan fingerprint density at radius 1 is 1.21 bits per heavy atom. The molecule has 0 spiro atoms. The molecule has 1 saturated carbocycles. The van der Waals surface area contributed by atoms with Gasteiger partial charge in [0, 0.05) is 6.42 Å². The second-order valence-electron chi connectivity index (χ2n) is 4.53. The van der Waals surface area contributed by atoms with Crippen molar-refractivity contribution in [2.24, 2.45) is 0 Å². The van der Waals surface area contributed by atoms with Crippen LogP contribution >= 0.6 is 0 Å². The summed E-state index contributed by atoms with van der Waals surface area (Å²) in [7, 11) is 0. The first-order valence-electron chi connectivity index (χ1n) is 5.47. The van der Waals surface area contributed by atoms with Gasteiger partial charge in [0.2, 0.25) is 0 Å². The van der Waals surface area contributed by atoms with E-state index >= 15 is 0 Å². The number of hydrogen-bond acceptors (Lipinski definition) is 1. The molecule has 0 atom stereocenters. The quantitative estimate of drug-likeness (QED) is 0.760. The third-order valence-electron chi connectivity index (χ3n) is 3.32. The summed E-state index contributed by atoms with van der Waals surface area (Å²) in [6, 6.07) is 8.36. The Morgan fingerprint density at radius 2 is 1.86 bits per heavy atom. The van der Waals surface area contributed by atoms with E-state index in [1.54, 1.807) is 0 Å². The molecule has 0 unspecified atom stereocenters. The van der Waals surface area contributed by atoms with Gasteiger partial charge in [-0.1, -0.05) is 37.1 Å². The highest BCUT2D eigenvalue weighted by atomic mass is 16.3. The van der Waals surface area contributed by atoms with Gasteiger partial charge in [0.05, 0.1) is 5.60 Å². The third-order valence-corrected chi connectivity index (χ3v) is 3.32. The van der Waals surface area contributed by atoms with Gasteiger partial charge in [-0.15, -0.1) is 0 Å². The first-order chi connectivity index (χ1) is 6.70. The fourth-order valence-electron chi connectivity index (χ4n) is 2.37. The maximum atomic E-state index is 10.3. The van der Waals surface area contributed by atoms with Crippen LogP contribution in [0.4, 0.5) is 0 Å². The molecule has 1 aliphatic rings. The van der Waals surface area contributed by atoms with Crippen molar-refractivity contribution in [2.75, 3.05) is 0 Å². The minimum Gasteiger partial charge on any atom is -0.390 e. The summed E-state index contributed by atoms with van der Waals surface area (Å²) in [6.45, 7) is 2.12. The lowest BCUT2D eigenvalue weighted by atomic mass is 9.91. The maximum Gasteiger partial charge on any atom is 0.0688 e. The van der Waals surface area contributed by atoms with Gasteiger partial charge >= 0.3 is 0 Å². The highest BCUT2D eigenvalue weighted by Gasteiger charge is 2.31. The molecule has 1 N–H and O–H groups in total. The smallest absolute Gasteiger partial charge is 0.0688 e. The summed E-state index contributed by atoms with van der Waals surface area (Å²) < 4.78 is 0. The first-order valence-corrected chi connectivity index (χ1v) is 5.47. The zero-order valence-corrected chi connectivity index (χ0v) is 8.79. The van der Waals surface area contributed by atoms with Gasteiger partial charge in [-0.2, -0.15) is 0 Å². The molecule has 1 fully saturated rings. The molecule has 0 radical (unpaired) electrons. The lowest BCUT2D eigenvalue weighted by molar-refractivity contribution is 0.0480. The van der Waals surface area contributed by atoms with Crippen molar-refractivity contribution in [1.29, 1.82) is 0 Å². The Labute approximate surface area is 85.8 Å². The van der Waals surface area contributed by atoms with Gasteiger partial charge in [-0.05, 0) is 30.9 Å². The maximum absolute atomic E-state index is 10.3. The minimum atomic E-state index is -0.411. The standard InChI is InChI=1S/C13H18O/c1-11-6-2-3-7-12(11)10-13(14)8-4-5-9-13/h2-3,6-7,14H,4-5,8-10H2,1H3. The second-order valence-corrected chi connectivity index (χ2v) is 4.53. The number of rotatable bonds is 2. The minimum absolute atomic E-state index is 0.411. The van der Waals surface area contributed by atoms with E-state index in [0.717, 1.165) is 19.3 Å². The molecule has 0 saturated heterocycles. The van der Waals surface area contributed by atoms with Crippen LogP contribution in [0.5, 0.6) is 0 Å². The molecular weight excluding hydrogens is 172 g/mol. The van der Waals surface area contributed by atoms with Crippen molar-refractivity contribution in [2.45, 2.75) is 44.6 Å². The fraction of sp³-hybridized carbons (Fsp3) is 0.538. The van der Waals surface area contributed by atoms with Crippen molar-refractivity contribution < 1.29 is 5.11 Å². The molecule has 1 aromatic carbocycles. The van der Waals surface area contributed by atoms with E-state index < -0.39 is 5.60 Å². The van der Waals surface area contributed by atoms with Crippen LogP contribution in [0.15, 0.2) is 24.3 Å². The molecule has 76 valence electrons. The molecule has 0 aromatic heterocycles. The second kappa shape index (κ2) is 3.74. The lowest BCUT2D eigenvalue weighted by Crippen LogP contribution is -2.27. The van der Waals surface area contributed by atoms with Crippen LogP contribution in [0.25, 0.3) is 0 Å². The predicted molar refractivity (Wildman–Crippen MR) is 58.3 cm³/mol. The topological polar surface area (TPSA) is 20.2 Å². The average molecular weight is 190 g/mol. The predicted octanol–water partition coefficient (Wildman–Crippen LogP) is 2.84. The number of aryl methyl sites for hydroxylation is 1. The van der Waals surface area contributed by atoms with Crippen molar-refractivity contribution in [3.05, 3.63) is 35.4 Å². The van der Waals surface area contributed by atoms with Crippen molar-refractivity contribution in [3.8, 4) is 0 Å². The van der Waals surface area contributed by atoms with Crippen molar-refractivity contribution in [3.63, 3.8) is 0 Å². The van der Waals surface area contributed by atoms with Gasteiger partial charge in [0.15, 0.2) is 0 Å². The molecule has 1 heteroatoms. The highest BCUT2D eigenvalue weighted by molar-refractivity contribution is 5.27. The molecule has 0 heterocycles. The molecule has 1 aromatic rings. The first kappa shape index (κ1) is 9.72. The van der Waals surface area contributed by atoms with E-state index in [-0.39, 0.29) is 0 Å². The summed E-state index contributed by atoms with van der Waals surface area (Å²) in [5.41, 5.74) is 2.19. The Hall–Kier alpha value is -0.820. The molecule has 0 bridgehead atoms. The molecule has 0 amide bonds. The van der Waals surface area contributed by atoms with Crippen molar-refractivity contribution in [1.82, 2.24) is 0 Å². The van der Waals surface area contributed by atoms with E-state index in [0.29, 0.717) is 0 Å². The van der Waals surface area contributed by atoms with E-state index in [9.17, 15) is 5.11 Å². The zero-order valence-electron chi connectivity index (χ0n) is 8.79. The summed E-state index contributed by atoms with van der Waals surface area (Å²) in [5, 5.41) is 10.3. The van der Waals surface area contributed by atoms with Gasteiger partial charge < -0.3 is 5.11 Å². The van der Waals surface area contributed by atoms with Crippen LogP contribution in [-0.4, -0.2) is 10.7 Å². The average Bonchev–Trinajstić information content (AvgIpc) is 2.57. The molecule has 1 aliphatic carbocycles. The van der Waals surface area contributed by atoms with E-state index in [2.05, 4.69) is 31.2 Å². The largest absolute Gasteiger partial charge is 0.390 e. The van der Waals surface area contributed by atoms with Gasteiger partial charge in [-0.3, -0.25) is 0 Å². The normalized spacial score (nSPS) is 19.9. The van der Waals surface area contributed by atoms with E-state index in [1.807, 2.05) is 0 Å². The SMILES string of the molecule is Cc1ccccc1CC1(O)CCCC1. The molecular formula is C13H18O. The third kappa shape index (κ3) is 1.98. The molecule has 0 aliphatic heterocycles. The number of hydrogen-bond donors (Lipinski definition) is 1. The van der Waals surface area contributed by atoms with E-state index in [4.69, 9.17) is 0 Å². The summed E-state index contributed by atoms with van der Waals surface area (Å²) >= 11 is 0. The summed E-state index contributed by atoms with van der Waals surface area (Å²) in [6.07, 6.45) is 5.15. The Morgan fingerprint density at radius 3 is 2.50 bits per heavy atom. The fourth-order valence-corrected chi connectivity index (χ4v) is 2.37. The molecule has 1 nitrogen and oxygen atoms in total. The lowest BCUT2D eigenvalue weighted by Gasteiger charge is -2.22. The number of aliphatic hydroxyl groups is 1.